The van der Waals surface area contributed by atoms with E-state index in [9.17, 15) is 4.79 Å². The van der Waals surface area contributed by atoms with Gasteiger partial charge in [-0.2, -0.15) is 0 Å². The van der Waals surface area contributed by atoms with Crippen molar-refractivity contribution >= 4 is 11.6 Å². The first-order chi connectivity index (χ1) is 9.10. The largest absolute Gasteiger partial charge is 0.493 e. The van der Waals surface area contributed by atoms with Gasteiger partial charge in [0.05, 0.1) is 14.2 Å². The maximum Gasteiger partial charge on any atom is 0.225 e. The van der Waals surface area contributed by atoms with E-state index < -0.39 is 0 Å². The molecule has 1 rings (SSSR count). The number of hydrogen-bond acceptors (Lipinski definition) is 4. The molecule has 1 aromatic carbocycles. The number of methoxy groups -OCH3 is 2. The molecule has 0 saturated heterocycles. The van der Waals surface area contributed by atoms with Crippen molar-refractivity contribution in [1.82, 2.24) is 5.32 Å². The number of rotatable bonds is 7. The maximum atomic E-state index is 11.8. The topological polar surface area (TPSA) is 59.6 Å². The fourth-order valence-corrected chi connectivity index (χ4v) is 1.82. The Hall–Kier alpha value is -1.75. The number of carbonyl (C=O) groups excluding carboxylic acids is 1. The number of benzene rings is 1. The average Bonchev–Trinajstić information content (AvgIpc) is 2.38. The Balaban J connectivity index is 2.64. The molecule has 5 nitrogen and oxygen atoms in total. The number of carbonyl (C=O) groups is 1. The zero-order valence-corrected chi connectivity index (χ0v) is 11.9. The van der Waals surface area contributed by atoms with Gasteiger partial charge in [0.25, 0.3) is 0 Å². The first-order valence-electron chi connectivity index (χ1n) is 6.36. The molecule has 0 bridgehead atoms. The molecule has 106 valence electrons. The van der Waals surface area contributed by atoms with Gasteiger partial charge < -0.3 is 20.1 Å². The molecule has 2 N–H and O–H groups in total. The van der Waals surface area contributed by atoms with Gasteiger partial charge in [0.1, 0.15) is 0 Å². The van der Waals surface area contributed by atoms with Gasteiger partial charge in [-0.1, -0.05) is 6.92 Å². The van der Waals surface area contributed by atoms with Crippen LogP contribution in [0, 0.1) is 0 Å². The Morgan fingerprint density at radius 1 is 1.26 bits per heavy atom. The second-order valence-corrected chi connectivity index (χ2v) is 4.28. The van der Waals surface area contributed by atoms with Crippen molar-refractivity contribution < 1.29 is 14.3 Å². The number of ether oxygens (including phenoxy) is 2. The molecule has 0 heterocycles. The summed E-state index contributed by atoms with van der Waals surface area (Å²) in [5.74, 6) is 1.21. The number of anilines is 1. The summed E-state index contributed by atoms with van der Waals surface area (Å²) >= 11 is 0. The molecule has 0 spiro atoms. The predicted octanol–water partition coefficient (Wildman–Crippen LogP) is 2.03. The van der Waals surface area contributed by atoms with E-state index in [0.717, 1.165) is 6.54 Å². The molecule has 1 unspecified atom stereocenters. The van der Waals surface area contributed by atoms with E-state index in [1.807, 2.05) is 13.8 Å². The van der Waals surface area contributed by atoms with Gasteiger partial charge in [-0.3, -0.25) is 4.79 Å². The zero-order chi connectivity index (χ0) is 14.3. The van der Waals surface area contributed by atoms with Crippen molar-refractivity contribution in [3.8, 4) is 11.5 Å². The van der Waals surface area contributed by atoms with Gasteiger partial charge in [0.15, 0.2) is 11.5 Å². The van der Waals surface area contributed by atoms with Crippen LogP contribution in [0.5, 0.6) is 11.5 Å². The number of nitrogens with one attached hydrogen (secondary N) is 2. The highest BCUT2D eigenvalue weighted by Gasteiger charge is 2.10. The van der Waals surface area contributed by atoms with Crippen LogP contribution >= 0.6 is 0 Å². The molecule has 19 heavy (non-hydrogen) atoms. The smallest absolute Gasteiger partial charge is 0.225 e. The summed E-state index contributed by atoms with van der Waals surface area (Å²) in [7, 11) is 3.14. The predicted molar refractivity (Wildman–Crippen MR) is 75.9 cm³/mol. The van der Waals surface area contributed by atoms with Crippen molar-refractivity contribution in [2.45, 2.75) is 26.3 Å². The average molecular weight is 266 g/mol. The van der Waals surface area contributed by atoms with Crippen LogP contribution in [0.1, 0.15) is 20.3 Å². The summed E-state index contributed by atoms with van der Waals surface area (Å²) in [5, 5.41) is 6.04. The molecular weight excluding hydrogens is 244 g/mol. The minimum absolute atomic E-state index is 0.0272. The van der Waals surface area contributed by atoms with E-state index in [1.165, 1.54) is 0 Å². The lowest BCUT2D eigenvalue weighted by Crippen LogP contribution is -2.30. The van der Waals surface area contributed by atoms with Gasteiger partial charge in [0, 0.05) is 24.2 Å². The van der Waals surface area contributed by atoms with Crippen LogP contribution in [0.25, 0.3) is 0 Å². The van der Waals surface area contributed by atoms with Crippen LogP contribution in [0.4, 0.5) is 5.69 Å². The lowest BCUT2D eigenvalue weighted by Gasteiger charge is -2.13. The molecule has 1 amide bonds. The monoisotopic (exact) mass is 266 g/mol. The minimum Gasteiger partial charge on any atom is -0.493 e. The molecular formula is C14H22N2O3. The van der Waals surface area contributed by atoms with Crippen LogP contribution < -0.4 is 20.1 Å². The molecule has 0 fully saturated rings. The minimum atomic E-state index is -0.0272. The molecule has 0 aromatic heterocycles. The third-order valence-electron chi connectivity index (χ3n) is 2.71. The normalized spacial score (nSPS) is 11.8. The summed E-state index contributed by atoms with van der Waals surface area (Å²) in [6.07, 6.45) is 0.433. The van der Waals surface area contributed by atoms with E-state index in [2.05, 4.69) is 10.6 Å². The van der Waals surface area contributed by atoms with Crippen molar-refractivity contribution in [2.24, 2.45) is 0 Å². The molecule has 0 aliphatic heterocycles. The summed E-state index contributed by atoms with van der Waals surface area (Å²) in [4.78, 5) is 11.8. The van der Waals surface area contributed by atoms with Gasteiger partial charge in [-0.05, 0) is 25.6 Å². The van der Waals surface area contributed by atoms with Gasteiger partial charge in [-0.15, -0.1) is 0 Å². The highest BCUT2D eigenvalue weighted by atomic mass is 16.5. The molecule has 0 radical (unpaired) electrons. The van der Waals surface area contributed by atoms with Gasteiger partial charge in [0.2, 0.25) is 5.91 Å². The van der Waals surface area contributed by atoms with Crippen molar-refractivity contribution in [2.75, 3.05) is 26.1 Å². The Kier molecular flexibility index (Phi) is 6.15. The fraction of sp³-hybridized carbons (Fsp3) is 0.500. The molecule has 1 atom stereocenters. The van der Waals surface area contributed by atoms with E-state index >= 15 is 0 Å². The molecule has 0 aliphatic rings. The molecule has 5 heteroatoms. The third kappa shape index (κ3) is 4.79. The Labute approximate surface area is 114 Å². The SMILES string of the molecule is CCNC(C)CC(=O)Nc1ccc(OC)c(OC)c1. The van der Waals surface area contributed by atoms with Crippen LogP contribution in [0.15, 0.2) is 18.2 Å². The Morgan fingerprint density at radius 2 is 1.95 bits per heavy atom. The summed E-state index contributed by atoms with van der Waals surface area (Å²) < 4.78 is 10.3. The first kappa shape index (κ1) is 15.3. The van der Waals surface area contributed by atoms with E-state index in [1.54, 1.807) is 32.4 Å². The fourth-order valence-electron chi connectivity index (χ4n) is 1.82. The third-order valence-corrected chi connectivity index (χ3v) is 2.71. The maximum absolute atomic E-state index is 11.8. The molecule has 0 saturated carbocycles. The van der Waals surface area contributed by atoms with Gasteiger partial charge >= 0.3 is 0 Å². The van der Waals surface area contributed by atoms with Crippen LogP contribution in [-0.4, -0.2) is 32.7 Å². The highest BCUT2D eigenvalue weighted by molar-refractivity contribution is 5.91. The summed E-state index contributed by atoms with van der Waals surface area (Å²) in [6, 6.07) is 5.46. The molecule has 1 aromatic rings. The van der Waals surface area contributed by atoms with Crippen molar-refractivity contribution in [3.05, 3.63) is 18.2 Å². The molecule has 0 aliphatic carbocycles. The van der Waals surface area contributed by atoms with E-state index in [4.69, 9.17) is 9.47 Å². The second kappa shape index (κ2) is 7.63. The van der Waals surface area contributed by atoms with Crippen LogP contribution in [-0.2, 0) is 4.79 Å². The second-order valence-electron chi connectivity index (χ2n) is 4.28. The van der Waals surface area contributed by atoms with E-state index in [-0.39, 0.29) is 11.9 Å². The quantitative estimate of drug-likeness (QED) is 0.793. The van der Waals surface area contributed by atoms with Crippen molar-refractivity contribution in [1.29, 1.82) is 0 Å². The van der Waals surface area contributed by atoms with E-state index in [0.29, 0.717) is 23.6 Å². The summed E-state index contributed by atoms with van der Waals surface area (Å²) in [5.41, 5.74) is 0.700. The van der Waals surface area contributed by atoms with Crippen LogP contribution in [0.2, 0.25) is 0 Å². The summed E-state index contributed by atoms with van der Waals surface area (Å²) in [6.45, 7) is 4.85. The Bertz CT molecular complexity index is 421. The van der Waals surface area contributed by atoms with Crippen molar-refractivity contribution in [3.63, 3.8) is 0 Å². The standard InChI is InChI=1S/C14H22N2O3/c1-5-15-10(2)8-14(17)16-11-6-7-12(18-3)13(9-11)19-4/h6-7,9-10,15H,5,8H2,1-4H3,(H,16,17). The lowest BCUT2D eigenvalue weighted by molar-refractivity contribution is -0.116. The van der Waals surface area contributed by atoms with Gasteiger partial charge in [-0.25, -0.2) is 0 Å². The first-order valence-corrected chi connectivity index (χ1v) is 6.36. The zero-order valence-electron chi connectivity index (χ0n) is 11.9. The lowest BCUT2D eigenvalue weighted by atomic mass is 10.2. The number of hydrogen-bond donors (Lipinski definition) is 2. The van der Waals surface area contributed by atoms with Crippen LogP contribution in [0.3, 0.4) is 0 Å². The number of amides is 1. The highest BCUT2D eigenvalue weighted by Crippen LogP contribution is 2.29. The Morgan fingerprint density at radius 3 is 2.53 bits per heavy atom.